The number of nitrogens with zero attached hydrogens (tertiary/aromatic N) is 2. The molecule has 4 nitrogen and oxygen atoms in total. The molecule has 0 saturated carbocycles. The van der Waals surface area contributed by atoms with Crippen molar-refractivity contribution in [2.24, 2.45) is 0 Å². The van der Waals surface area contributed by atoms with E-state index in [0.717, 1.165) is 11.1 Å². The summed E-state index contributed by atoms with van der Waals surface area (Å²) in [5, 5.41) is 19.3. The summed E-state index contributed by atoms with van der Waals surface area (Å²) in [4.78, 5) is 0. The highest BCUT2D eigenvalue weighted by Crippen LogP contribution is 2.30. The molecule has 5 heteroatoms. The summed E-state index contributed by atoms with van der Waals surface area (Å²) in [7, 11) is 1.57. The summed E-state index contributed by atoms with van der Waals surface area (Å²) in [5.74, 6) is 1.17. The molecule has 142 valence electrons. The van der Waals surface area contributed by atoms with Gasteiger partial charge in [0, 0.05) is 5.02 Å². The van der Waals surface area contributed by atoms with Crippen molar-refractivity contribution in [3.63, 3.8) is 0 Å². The van der Waals surface area contributed by atoms with Crippen molar-refractivity contribution in [2.45, 2.75) is 6.61 Å². The molecule has 0 bridgehead atoms. The number of benzene rings is 3. The van der Waals surface area contributed by atoms with Crippen LogP contribution in [-0.2, 0) is 6.61 Å². The zero-order valence-electron chi connectivity index (χ0n) is 15.7. The molecule has 3 aromatic carbocycles. The molecule has 0 aliphatic heterocycles. The molecule has 0 atom stereocenters. The first kappa shape index (κ1) is 20.0. The first-order chi connectivity index (χ1) is 14.1. The first-order valence-electron chi connectivity index (χ1n) is 8.80. The van der Waals surface area contributed by atoms with Gasteiger partial charge in [0.05, 0.1) is 30.4 Å². The van der Waals surface area contributed by atoms with E-state index >= 15 is 0 Å². The third kappa shape index (κ3) is 5.17. The fraction of sp³-hybridized carbons (Fsp3) is 0.0833. The van der Waals surface area contributed by atoms with E-state index in [-0.39, 0.29) is 0 Å². The first-order valence-corrected chi connectivity index (χ1v) is 9.18. The van der Waals surface area contributed by atoms with Gasteiger partial charge in [-0.15, -0.1) is 0 Å². The number of nitriles is 2. The van der Waals surface area contributed by atoms with E-state index < -0.39 is 0 Å². The van der Waals surface area contributed by atoms with E-state index in [9.17, 15) is 5.26 Å². The fourth-order valence-electron chi connectivity index (χ4n) is 2.74. The number of hydrogen-bond acceptors (Lipinski definition) is 4. The van der Waals surface area contributed by atoms with Crippen LogP contribution < -0.4 is 9.47 Å². The van der Waals surface area contributed by atoms with Gasteiger partial charge in [-0.05, 0) is 59.2 Å². The van der Waals surface area contributed by atoms with Crippen molar-refractivity contribution in [2.75, 3.05) is 7.11 Å². The van der Waals surface area contributed by atoms with Crippen LogP contribution in [0, 0.1) is 22.7 Å². The summed E-state index contributed by atoms with van der Waals surface area (Å²) in [5.41, 5.74) is 3.43. The maximum Gasteiger partial charge on any atom is 0.161 e. The maximum atomic E-state index is 9.55. The quantitative estimate of drug-likeness (QED) is 0.383. The third-order valence-electron chi connectivity index (χ3n) is 4.23. The third-order valence-corrected chi connectivity index (χ3v) is 4.48. The van der Waals surface area contributed by atoms with E-state index in [4.69, 9.17) is 26.3 Å². The maximum absolute atomic E-state index is 9.55. The van der Waals surface area contributed by atoms with Gasteiger partial charge in [-0.2, -0.15) is 10.5 Å². The smallest absolute Gasteiger partial charge is 0.161 e. The highest BCUT2D eigenvalue weighted by Gasteiger charge is 2.08. The Labute approximate surface area is 174 Å². The zero-order valence-corrected chi connectivity index (χ0v) is 16.5. The van der Waals surface area contributed by atoms with E-state index in [0.29, 0.717) is 39.8 Å². The van der Waals surface area contributed by atoms with Gasteiger partial charge in [-0.1, -0.05) is 41.9 Å². The summed E-state index contributed by atoms with van der Waals surface area (Å²) >= 11 is 5.90. The second kappa shape index (κ2) is 9.46. The predicted molar refractivity (Wildman–Crippen MR) is 113 cm³/mol. The number of hydrogen-bond donors (Lipinski definition) is 0. The van der Waals surface area contributed by atoms with Gasteiger partial charge in [-0.3, -0.25) is 0 Å². The average Bonchev–Trinajstić information content (AvgIpc) is 2.77. The van der Waals surface area contributed by atoms with Crippen LogP contribution in [0.5, 0.6) is 11.5 Å². The van der Waals surface area contributed by atoms with Gasteiger partial charge in [-0.25, -0.2) is 0 Å². The Morgan fingerprint density at radius 1 is 1.00 bits per heavy atom. The van der Waals surface area contributed by atoms with Gasteiger partial charge in [0.1, 0.15) is 6.61 Å². The highest BCUT2D eigenvalue weighted by molar-refractivity contribution is 6.30. The molecule has 0 radical (unpaired) electrons. The van der Waals surface area contributed by atoms with Crippen LogP contribution in [0.2, 0.25) is 5.02 Å². The van der Waals surface area contributed by atoms with Crippen LogP contribution in [0.25, 0.3) is 11.6 Å². The summed E-state index contributed by atoms with van der Waals surface area (Å²) < 4.78 is 11.3. The lowest BCUT2D eigenvalue weighted by Crippen LogP contribution is -1.98. The number of allylic oxidation sites excluding steroid dienone is 1. The van der Waals surface area contributed by atoms with Gasteiger partial charge in [0.25, 0.3) is 0 Å². The van der Waals surface area contributed by atoms with Crippen LogP contribution in [0.15, 0.2) is 66.7 Å². The molecule has 0 saturated heterocycles. The molecule has 0 amide bonds. The minimum atomic E-state index is 0.382. The zero-order chi connectivity index (χ0) is 20.6. The van der Waals surface area contributed by atoms with Crippen molar-refractivity contribution in [1.82, 2.24) is 0 Å². The lowest BCUT2D eigenvalue weighted by atomic mass is 10.0. The minimum Gasteiger partial charge on any atom is -0.493 e. The van der Waals surface area contributed by atoms with Gasteiger partial charge < -0.3 is 9.47 Å². The fourth-order valence-corrected chi connectivity index (χ4v) is 2.86. The molecule has 0 aliphatic rings. The Kier molecular flexibility index (Phi) is 6.53. The molecule has 0 N–H and O–H groups in total. The summed E-state index contributed by atoms with van der Waals surface area (Å²) in [6.45, 7) is 0.382. The van der Waals surface area contributed by atoms with Crippen LogP contribution in [0.4, 0.5) is 0 Å². The Hall–Kier alpha value is -3.73. The molecule has 29 heavy (non-hydrogen) atoms. The van der Waals surface area contributed by atoms with Crippen molar-refractivity contribution in [3.05, 3.63) is 94.0 Å². The second-order valence-corrected chi connectivity index (χ2v) is 6.62. The normalized spacial score (nSPS) is 10.7. The van der Waals surface area contributed by atoms with Crippen molar-refractivity contribution in [1.29, 1.82) is 10.5 Å². The Morgan fingerprint density at radius 2 is 1.79 bits per heavy atom. The monoisotopic (exact) mass is 400 g/mol. The lowest BCUT2D eigenvalue weighted by Gasteiger charge is -2.12. The van der Waals surface area contributed by atoms with Crippen LogP contribution in [-0.4, -0.2) is 7.11 Å². The van der Waals surface area contributed by atoms with Gasteiger partial charge >= 0.3 is 0 Å². The molecule has 0 fully saturated rings. The van der Waals surface area contributed by atoms with E-state index in [1.165, 1.54) is 0 Å². The predicted octanol–water partition coefficient (Wildman–Crippen LogP) is 5.86. The molecule has 0 unspecified atom stereocenters. The number of rotatable bonds is 6. The topological polar surface area (TPSA) is 66.0 Å². The second-order valence-electron chi connectivity index (χ2n) is 6.19. The Morgan fingerprint density at radius 3 is 2.48 bits per heavy atom. The number of halogens is 1. The van der Waals surface area contributed by atoms with Crippen LogP contribution >= 0.6 is 11.6 Å². The number of ether oxygens (including phenoxy) is 2. The molecule has 0 heterocycles. The van der Waals surface area contributed by atoms with Gasteiger partial charge in [0.15, 0.2) is 11.5 Å². The molecule has 0 aromatic heterocycles. The summed E-state index contributed by atoms with van der Waals surface area (Å²) in [6.07, 6.45) is 1.75. The van der Waals surface area contributed by atoms with E-state index in [1.807, 2.05) is 36.4 Å². The average molecular weight is 401 g/mol. The SMILES string of the molecule is COc1cc(/C=C(/C#N)c2cccc(C#N)c2)ccc1OCc1ccc(Cl)cc1. The van der Waals surface area contributed by atoms with Crippen LogP contribution in [0.3, 0.4) is 0 Å². The summed E-state index contributed by atoms with van der Waals surface area (Å²) in [6, 6.07) is 24.1. The Balaban J connectivity index is 1.83. The van der Waals surface area contributed by atoms with Crippen LogP contribution in [0.1, 0.15) is 22.3 Å². The molecular weight excluding hydrogens is 384 g/mol. The molecular formula is C24H17ClN2O2. The van der Waals surface area contributed by atoms with E-state index in [1.54, 1.807) is 43.5 Å². The van der Waals surface area contributed by atoms with Crippen molar-refractivity contribution >= 4 is 23.3 Å². The molecule has 0 spiro atoms. The minimum absolute atomic E-state index is 0.382. The molecule has 3 rings (SSSR count). The molecule has 3 aromatic rings. The van der Waals surface area contributed by atoms with E-state index in [2.05, 4.69) is 12.1 Å². The largest absolute Gasteiger partial charge is 0.493 e. The Bertz CT molecular complexity index is 1120. The number of methoxy groups -OCH3 is 1. The lowest BCUT2D eigenvalue weighted by molar-refractivity contribution is 0.284. The molecule has 0 aliphatic carbocycles. The van der Waals surface area contributed by atoms with Crippen molar-refractivity contribution in [3.8, 4) is 23.6 Å². The van der Waals surface area contributed by atoms with Crippen molar-refractivity contribution < 1.29 is 9.47 Å². The standard InChI is InChI=1S/C24H17ClN2O2/c1-28-24-13-18(11-21(15-27)20-4-2-3-19(12-20)14-26)7-10-23(24)29-16-17-5-8-22(25)9-6-17/h2-13H,16H2,1H3/b21-11-. The highest BCUT2D eigenvalue weighted by atomic mass is 35.5. The van der Waals surface area contributed by atoms with Gasteiger partial charge in [0.2, 0.25) is 0 Å².